The number of hydrogen-bond acceptors (Lipinski definition) is 2. The maximum atomic E-state index is 3.76. The van der Waals surface area contributed by atoms with Crippen LogP contribution in [-0.2, 0) is 0 Å². The molecule has 0 aliphatic heterocycles. The fourth-order valence-electron chi connectivity index (χ4n) is 2.79. The molecule has 1 aromatic carbocycles. The molecule has 0 heterocycles. The first-order valence-electron chi connectivity index (χ1n) is 8.16. The van der Waals surface area contributed by atoms with Crippen molar-refractivity contribution in [2.24, 2.45) is 0 Å². The number of rotatable bonds is 8. The molecule has 0 radical (unpaired) electrons. The zero-order chi connectivity index (χ0) is 14.4. The van der Waals surface area contributed by atoms with Gasteiger partial charge in [-0.15, -0.1) is 0 Å². The zero-order valence-electron chi connectivity index (χ0n) is 13.2. The van der Waals surface area contributed by atoms with Crippen LogP contribution in [0.2, 0.25) is 0 Å². The van der Waals surface area contributed by atoms with Crippen LogP contribution in [0.15, 0.2) is 24.3 Å². The summed E-state index contributed by atoms with van der Waals surface area (Å²) in [5, 5.41) is 4.47. The smallest absolute Gasteiger partial charge is 0.0414 e. The van der Waals surface area contributed by atoms with Crippen LogP contribution in [0.25, 0.3) is 0 Å². The maximum absolute atomic E-state index is 3.76. The van der Waals surface area contributed by atoms with E-state index in [1.54, 1.807) is 11.1 Å². The minimum atomic E-state index is 0.513. The van der Waals surface area contributed by atoms with Gasteiger partial charge in [0.15, 0.2) is 0 Å². The van der Waals surface area contributed by atoms with Gasteiger partial charge in [-0.25, -0.2) is 0 Å². The van der Waals surface area contributed by atoms with E-state index in [1.807, 2.05) is 0 Å². The topological polar surface area (TPSA) is 12.0 Å². The molecule has 20 heavy (non-hydrogen) atoms. The van der Waals surface area contributed by atoms with Gasteiger partial charge in [0.1, 0.15) is 0 Å². The molecule has 1 aliphatic rings. The highest BCUT2D eigenvalue weighted by molar-refractivity contribution is 7.99. The van der Waals surface area contributed by atoms with E-state index in [1.165, 1.54) is 31.4 Å². The van der Waals surface area contributed by atoms with Crippen molar-refractivity contribution in [3.63, 3.8) is 0 Å². The second kappa shape index (κ2) is 8.09. The van der Waals surface area contributed by atoms with E-state index in [9.17, 15) is 0 Å². The van der Waals surface area contributed by atoms with Crippen molar-refractivity contribution in [1.29, 1.82) is 0 Å². The Balaban J connectivity index is 2.13. The van der Waals surface area contributed by atoms with Crippen LogP contribution in [-0.4, -0.2) is 17.5 Å². The molecule has 0 saturated heterocycles. The summed E-state index contributed by atoms with van der Waals surface area (Å²) in [6, 6.07) is 9.64. The van der Waals surface area contributed by atoms with E-state index in [2.05, 4.69) is 62.1 Å². The molecular weight excluding hydrogens is 262 g/mol. The van der Waals surface area contributed by atoms with Gasteiger partial charge in [0.05, 0.1) is 0 Å². The minimum absolute atomic E-state index is 0.513. The van der Waals surface area contributed by atoms with E-state index in [-0.39, 0.29) is 0 Å². The molecule has 1 saturated carbocycles. The molecule has 112 valence electrons. The Morgan fingerprint density at radius 2 is 2.00 bits per heavy atom. The first-order valence-corrected chi connectivity index (χ1v) is 9.21. The molecule has 1 unspecified atom stereocenters. The van der Waals surface area contributed by atoms with Crippen molar-refractivity contribution in [1.82, 2.24) is 5.32 Å². The lowest BCUT2D eigenvalue weighted by Gasteiger charge is -2.31. The third-order valence-electron chi connectivity index (χ3n) is 4.15. The first-order chi connectivity index (χ1) is 9.72. The van der Waals surface area contributed by atoms with Gasteiger partial charge < -0.3 is 5.32 Å². The number of benzene rings is 1. The summed E-state index contributed by atoms with van der Waals surface area (Å²) in [7, 11) is 0. The Hall–Kier alpha value is -0.470. The second-order valence-corrected chi connectivity index (χ2v) is 7.76. The predicted molar refractivity (Wildman–Crippen MR) is 91.7 cm³/mol. The lowest BCUT2D eigenvalue weighted by atomic mass is 9.77. The highest BCUT2D eigenvalue weighted by Gasteiger charge is 2.24. The third kappa shape index (κ3) is 4.26. The second-order valence-electron chi connectivity index (χ2n) is 6.15. The summed E-state index contributed by atoms with van der Waals surface area (Å²) in [5.41, 5.74) is 3.16. The molecule has 1 nitrogen and oxygen atoms in total. The quantitative estimate of drug-likeness (QED) is 0.712. The average molecular weight is 292 g/mol. The number of thioether (sulfide) groups is 1. The largest absolute Gasteiger partial charge is 0.309 e. The van der Waals surface area contributed by atoms with Gasteiger partial charge in [-0.05, 0) is 48.1 Å². The Morgan fingerprint density at radius 1 is 1.25 bits per heavy atom. The van der Waals surface area contributed by atoms with Crippen molar-refractivity contribution in [2.45, 2.75) is 63.7 Å². The summed E-state index contributed by atoms with van der Waals surface area (Å²) >= 11 is 2.07. The Morgan fingerprint density at radius 3 is 2.60 bits per heavy atom. The lowest BCUT2D eigenvalue weighted by Crippen LogP contribution is -2.27. The van der Waals surface area contributed by atoms with Crippen molar-refractivity contribution >= 4 is 11.8 Å². The van der Waals surface area contributed by atoms with Crippen molar-refractivity contribution in [3.05, 3.63) is 35.4 Å². The van der Waals surface area contributed by atoms with Crippen LogP contribution in [0.1, 0.15) is 69.5 Å². The van der Waals surface area contributed by atoms with Crippen LogP contribution >= 0.6 is 11.8 Å². The Bertz CT molecular complexity index is 398. The van der Waals surface area contributed by atoms with Crippen LogP contribution in [0.5, 0.6) is 0 Å². The minimum Gasteiger partial charge on any atom is -0.309 e. The monoisotopic (exact) mass is 291 g/mol. The highest BCUT2D eigenvalue weighted by Crippen LogP contribution is 2.40. The normalized spacial score (nSPS) is 17.2. The molecule has 1 atom stereocenters. The molecule has 0 amide bonds. The Labute approximate surface area is 128 Å². The third-order valence-corrected chi connectivity index (χ3v) is 5.35. The SMILES string of the molecule is CCCNC(CSC(C)C)c1ccccc1C1CCC1. The molecule has 1 aromatic rings. The van der Waals surface area contributed by atoms with Gasteiger partial charge in [-0.1, -0.05) is 51.5 Å². The van der Waals surface area contributed by atoms with E-state index in [0.29, 0.717) is 11.3 Å². The van der Waals surface area contributed by atoms with Crippen molar-refractivity contribution < 1.29 is 0 Å². The summed E-state index contributed by atoms with van der Waals surface area (Å²) < 4.78 is 0. The first kappa shape index (κ1) is 15.9. The summed E-state index contributed by atoms with van der Waals surface area (Å²) in [4.78, 5) is 0. The van der Waals surface area contributed by atoms with E-state index < -0.39 is 0 Å². The van der Waals surface area contributed by atoms with Crippen LogP contribution in [0.3, 0.4) is 0 Å². The van der Waals surface area contributed by atoms with Crippen LogP contribution < -0.4 is 5.32 Å². The van der Waals surface area contributed by atoms with Gasteiger partial charge in [0.2, 0.25) is 0 Å². The molecular formula is C18H29NS. The number of hydrogen-bond donors (Lipinski definition) is 1. The predicted octanol–water partition coefficient (Wildman–Crippen LogP) is 5.14. The molecule has 1 aliphatic carbocycles. The van der Waals surface area contributed by atoms with Crippen LogP contribution in [0, 0.1) is 0 Å². The standard InChI is InChI=1S/C18H29NS/c1-4-12-19-18(13-20-14(2)3)17-11-6-5-10-16(17)15-8-7-9-15/h5-6,10-11,14-15,18-19H,4,7-9,12-13H2,1-3H3. The van der Waals surface area contributed by atoms with Gasteiger partial charge in [0, 0.05) is 11.8 Å². The molecule has 0 bridgehead atoms. The maximum Gasteiger partial charge on any atom is 0.0414 e. The molecule has 1 N–H and O–H groups in total. The molecule has 2 heteroatoms. The lowest BCUT2D eigenvalue weighted by molar-refractivity contribution is 0.413. The Kier molecular flexibility index (Phi) is 6.44. The molecule has 0 aromatic heterocycles. The van der Waals surface area contributed by atoms with Gasteiger partial charge in [0.25, 0.3) is 0 Å². The summed E-state index contributed by atoms with van der Waals surface area (Å²) in [6.45, 7) is 7.94. The van der Waals surface area contributed by atoms with Crippen LogP contribution in [0.4, 0.5) is 0 Å². The molecule has 1 fully saturated rings. The van der Waals surface area contributed by atoms with Gasteiger partial charge in [-0.3, -0.25) is 0 Å². The average Bonchev–Trinajstić information content (AvgIpc) is 2.38. The fourth-order valence-corrected chi connectivity index (χ4v) is 3.66. The highest BCUT2D eigenvalue weighted by atomic mass is 32.2. The zero-order valence-corrected chi connectivity index (χ0v) is 14.0. The summed E-state index contributed by atoms with van der Waals surface area (Å²) in [5.74, 6) is 2.00. The fraction of sp³-hybridized carbons (Fsp3) is 0.667. The van der Waals surface area contributed by atoms with E-state index in [0.717, 1.165) is 12.5 Å². The molecule has 0 spiro atoms. The van der Waals surface area contributed by atoms with E-state index in [4.69, 9.17) is 0 Å². The summed E-state index contributed by atoms with van der Waals surface area (Å²) in [6.07, 6.45) is 5.38. The number of nitrogens with one attached hydrogen (secondary N) is 1. The van der Waals surface area contributed by atoms with Crippen molar-refractivity contribution in [3.8, 4) is 0 Å². The van der Waals surface area contributed by atoms with E-state index >= 15 is 0 Å². The van der Waals surface area contributed by atoms with Crippen molar-refractivity contribution in [2.75, 3.05) is 12.3 Å². The van der Waals surface area contributed by atoms with Gasteiger partial charge >= 0.3 is 0 Å². The van der Waals surface area contributed by atoms with Gasteiger partial charge in [-0.2, -0.15) is 11.8 Å². The molecule has 2 rings (SSSR count).